The molecule has 0 aromatic heterocycles. The summed E-state index contributed by atoms with van der Waals surface area (Å²) in [7, 11) is 1.69. The molecule has 38 heavy (non-hydrogen) atoms. The Morgan fingerprint density at radius 3 is 2.08 bits per heavy atom. The molecule has 1 saturated heterocycles. The quantitative estimate of drug-likeness (QED) is 0.330. The van der Waals surface area contributed by atoms with E-state index in [1.807, 2.05) is 74.7 Å². The van der Waals surface area contributed by atoms with Crippen molar-refractivity contribution in [2.75, 3.05) is 60.0 Å². The summed E-state index contributed by atoms with van der Waals surface area (Å²) in [6.07, 6.45) is 2.01. The predicted octanol–water partition coefficient (Wildman–Crippen LogP) is 5.53. The third-order valence-electron chi connectivity index (χ3n) is 6.31. The van der Waals surface area contributed by atoms with E-state index < -0.39 is 0 Å². The summed E-state index contributed by atoms with van der Waals surface area (Å²) in [5.41, 5.74) is 3.70. The van der Waals surface area contributed by atoms with Crippen LogP contribution in [0.2, 0.25) is 0 Å². The van der Waals surface area contributed by atoms with Crippen LogP contribution >= 0.6 is 11.8 Å². The summed E-state index contributed by atoms with van der Waals surface area (Å²) in [6.45, 7) is 6.95. The predicted molar refractivity (Wildman–Crippen MR) is 157 cm³/mol. The maximum atomic E-state index is 13.2. The molecule has 1 fully saturated rings. The van der Waals surface area contributed by atoms with E-state index in [1.165, 1.54) is 0 Å². The van der Waals surface area contributed by atoms with Crippen LogP contribution in [0, 0.1) is 0 Å². The van der Waals surface area contributed by atoms with Crippen molar-refractivity contribution in [1.82, 2.24) is 5.32 Å². The summed E-state index contributed by atoms with van der Waals surface area (Å²) >= 11 is 1.64. The van der Waals surface area contributed by atoms with Crippen LogP contribution in [0.4, 0.5) is 27.5 Å². The first-order valence-electron chi connectivity index (χ1n) is 12.7. The van der Waals surface area contributed by atoms with E-state index in [1.54, 1.807) is 24.9 Å². The number of nitrogens with zero attached hydrogens (tertiary/aromatic N) is 2. The van der Waals surface area contributed by atoms with Crippen molar-refractivity contribution in [3.8, 4) is 5.75 Å². The van der Waals surface area contributed by atoms with Crippen LogP contribution in [0.1, 0.15) is 24.2 Å². The van der Waals surface area contributed by atoms with Crippen LogP contribution < -0.4 is 30.5 Å². The second-order valence-corrected chi connectivity index (χ2v) is 10.2. The molecule has 9 heteroatoms. The highest BCUT2D eigenvalue weighted by Crippen LogP contribution is 2.31. The molecule has 8 nitrogen and oxygen atoms in total. The van der Waals surface area contributed by atoms with Crippen molar-refractivity contribution in [1.29, 1.82) is 0 Å². The van der Waals surface area contributed by atoms with Gasteiger partial charge in [0.1, 0.15) is 5.75 Å². The van der Waals surface area contributed by atoms with Gasteiger partial charge in [-0.1, -0.05) is 12.1 Å². The lowest BCUT2D eigenvalue weighted by atomic mass is 10.1. The van der Waals surface area contributed by atoms with E-state index in [0.717, 1.165) is 48.2 Å². The van der Waals surface area contributed by atoms with Gasteiger partial charge < -0.3 is 30.5 Å². The van der Waals surface area contributed by atoms with Gasteiger partial charge in [-0.05, 0) is 74.7 Å². The van der Waals surface area contributed by atoms with E-state index >= 15 is 0 Å². The summed E-state index contributed by atoms with van der Waals surface area (Å²) in [5.74, 6) is 0.686. The normalized spacial score (nSPS) is 13.3. The second kappa shape index (κ2) is 12.6. The van der Waals surface area contributed by atoms with Gasteiger partial charge >= 0.3 is 6.03 Å². The third-order valence-corrected chi connectivity index (χ3v) is 7.06. The third kappa shape index (κ3) is 6.72. The monoisotopic (exact) mass is 533 g/mol. The number of hydrogen-bond donors (Lipinski definition) is 3. The maximum Gasteiger partial charge on any atom is 0.323 e. The number of carbonyl (C=O) groups excluding carboxylic acids is 2. The average Bonchev–Trinajstić information content (AvgIpc) is 2.93. The molecule has 1 aliphatic heterocycles. The first-order valence-corrected chi connectivity index (χ1v) is 13.9. The molecule has 0 bridgehead atoms. The fourth-order valence-corrected chi connectivity index (χ4v) is 4.87. The number of piperazine rings is 1. The highest BCUT2D eigenvalue weighted by molar-refractivity contribution is 7.98. The van der Waals surface area contributed by atoms with Crippen molar-refractivity contribution < 1.29 is 14.3 Å². The van der Waals surface area contributed by atoms with Crippen molar-refractivity contribution in [3.63, 3.8) is 0 Å². The molecule has 0 atom stereocenters. The number of nitrogens with one attached hydrogen (secondary N) is 3. The van der Waals surface area contributed by atoms with Crippen molar-refractivity contribution in [3.05, 3.63) is 72.3 Å². The Hall–Kier alpha value is -3.85. The van der Waals surface area contributed by atoms with E-state index in [0.29, 0.717) is 16.9 Å². The van der Waals surface area contributed by atoms with Crippen LogP contribution in [0.3, 0.4) is 0 Å². The van der Waals surface area contributed by atoms with Gasteiger partial charge in [-0.2, -0.15) is 0 Å². The fraction of sp³-hybridized carbons (Fsp3) is 0.310. The van der Waals surface area contributed by atoms with Crippen molar-refractivity contribution in [2.45, 2.75) is 24.8 Å². The lowest BCUT2D eigenvalue weighted by Crippen LogP contribution is -2.47. The molecule has 0 unspecified atom stereocenters. The van der Waals surface area contributed by atoms with Crippen LogP contribution in [0.15, 0.2) is 71.6 Å². The summed E-state index contributed by atoms with van der Waals surface area (Å²) in [5, 5.41) is 8.70. The van der Waals surface area contributed by atoms with E-state index in [2.05, 4.69) is 31.8 Å². The average molecular weight is 534 g/mol. The zero-order valence-corrected chi connectivity index (χ0v) is 23.1. The van der Waals surface area contributed by atoms with Gasteiger partial charge in [0.05, 0.1) is 18.4 Å². The number of amides is 3. The molecule has 3 N–H and O–H groups in total. The SMILES string of the molecule is COc1ccccc1N1CCN(c2ccc(NC(=O)Nc3ccc(SC)cc3)cc2C(=O)NC(C)C)CC1. The minimum Gasteiger partial charge on any atom is -0.495 e. The molecular weight excluding hydrogens is 498 g/mol. The van der Waals surface area contributed by atoms with Crippen LogP contribution in [0.5, 0.6) is 5.75 Å². The van der Waals surface area contributed by atoms with Gasteiger partial charge in [0.2, 0.25) is 0 Å². The van der Waals surface area contributed by atoms with Gasteiger partial charge in [-0.3, -0.25) is 4.79 Å². The van der Waals surface area contributed by atoms with Gasteiger partial charge in [-0.25, -0.2) is 4.79 Å². The Morgan fingerprint density at radius 1 is 0.842 bits per heavy atom. The van der Waals surface area contributed by atoms with Gasteiger partial charge in [-0.15, -0.1) is 11.8 Å². The first-order chi connectivity index (χ1) is 18.4. The minimum absolute atomic E-state index is 0.0121. The van der Waals surface area contributed by atoms with Crippen LogP contribution in [-0.2, 0) is 0 Å². The molecule has 3 aromatic rings. The Bertz CT molecular complexity index is 1260. The maximum absolute atomic E-state index is 13.2. The molecular formula is C29H35N5O3S. The second-order valence-electron chi connectivity index (χ2n) is 9.31. The standard InChI is InChI=1S/C29H35N5O3S/c1-20(2)30-28(35)24-19-22(32-29(36)31-21-9-12-23(38-4)13-10-21)11-14-25(24)33-15-17-34(18-16-33)26-7-5-6-8-27(26)37-3/h5-14,19-20H,15-18H2,1-4H3,(H,30,35)(H2,31,32,36). The van der Waals surface area contributed by atoms with Gasteiger partial charge in [0, 0.05) is 54.2 Å². The van der Waals surface area contributed by atoms with E-state index in [9.17, 15) is 9.59 Å². The number of urea groups is 1. The Balaban J connectivity index is 1.49. The molecule has 0 aliphatic carbocycles. The molecule has 3 amide bonds. The summed E-state index contributed by atoms with van der Waals surface area (Å²) < 4.78 is 5.54. The zero-order valence-electron chi connectivity index (χ0n) is 22.3. The van der Waals surface area contributed by atoms with Crippen molar-refractivity contribution in [2.24, 2.45) is 0 Å². The lowest BCUT2D eigenvalue weighted by Gasteiger charge is -2.38. The Morgan fingerprint density at radius 2 is 1.45 bits per heavy atom. The number of thioether (sulfide) groups is 1. The Kier molecular flexibility index (Phi) is 9.02. The number of para-hydroxylation sites is 2. The number of hydrogen-bond acceptors (Lipinski definition) is 6. The molecule has 4 rings (SSSR count). The molecule has 3 aromatic carbocycles. The number of carbonyl (C=O) groups is 2. The number of ether oxygens (including phenoxy) is 1. The summed E-state index contributed by atoms with van der Waals surface area (Å²) in [4.78, 5) is 31.5. The smallest absolute Gasteiger partial charge is 0.323 e. The summed E-state index contributed by atoms with van der Waals surface area (Å²) in [6, 6.07) is 20.8. The zero-order chi connectivity index (χ0) is 27.1. The Labute approximate surface area is 228 Å². The topological polar surface area (TPSA) is 85.9 Å². The van der Waals surface area contributed by atoms with Crippen molar-refractivity contribution >= 4 is 46.4 Å². The highest BCUT2D eigenvalue weighted by Gasteiger charge is 2.24. The number of methoxy groups -OCH3 is 1. The largest absolute Gasteiger partial charge is 0.495 e. The molecule has 0 spiro atoms. The number of anilines is 4. The molecule has 0 saturated carbocycles. The molecule has 1 aliphatic rings. The van der Waals surface area contributed by atoms with Gasteiger partial charge in [0.15, 0.2) is 0 Å². The van der Waals surface area contributed by atoms with Gasteiger partial charge in [0.25, 0.3) is 5.91 Å². The highest BCUT2D eigenvalue weighted by atomic mass is 32.2. The minimum atomic E-state index is -0.365. The molecule has 0 radical (unpaired) electrons. The van der Waals surface area contributed by atoms with Crippen LogP contribution in [-0.4, -0.2) is 57.5 Å². The molecule has 200 valence electrons. The fourth-order valence-electron chi connectivity index (χ4n) is 4.46. The lowest BCUT2D eigenvalue weighted by molar-refractivity contribution is 0.0943. The number of rotatable bonds is 8. The number of benzene rings is 3. The van der Waals surface area contributed by atoms with E-state index in [4.69, 9.17) is 4.74 Å². The first kappa shape index (κ1) is 27.2. The van der Waals surface area contributed by atoms with E-state index in [-0.39, 0.29) is 18.0 Å². The van der Waals surface area contributed by atoms with Crippen LogP contribution in [0.25, 0.3) is 0 Å². The molecule has 1 heterocycles.